The highest BCUT2D eigenvalue weighted by Crippen LogP contribution is 2.62. The standard InChI is InChI=1S/C25H42O6Si/c1-15-9-10-24(28-11-12-29-24)14-25-19(15)21(26)17(3)20(25)18(22(27)31-25)16(2)13-30-32(7,8)23(4,5)6/h15-20H,9-14H2,1-8H3/t15-,16?,17?,18+,19-,20+,25+/m1/s1. The van der Waals surface area contributed by atoms with Gasteiger partial charge < -0.3 is 18.6 Å². The van der Waals surface area contributed by atoms with E-state index >= 15 is 0 Å². The molecule has 2 aliphatic heterocycles. The highest BCUT2D eigenvalue weighted by atomic mass is 28.4. The Labute approximate surface area is 194 Å². The summed E-state index contributed by atoms with van der Waals surface area (Å²) >= 11 is 0. The molecule has 4 aliphatic rings. The van der Waals surface area contributed by atoms with Crippen molar-refractivity contribution in [1.29, 1.82) is 0 Å². The molecule has 4 rings (SSSR count). The highest BCUT2D eigenvalue weighted by Gasteiger charge is 2.73. The second-order valence-electron chi connectivity index (χ2n) is 12.4. The maximum Gasteiger partial charge on any atom is 0.310 e. The smallest absolute Gasteiger partial charge is 0.310 e. The van der Waals surface area contributed by atoms with Gasteiger partial charge in [0.25, 0.3) is 0 Å². The van der Waals surface area contributed by atoms with Crippen LogP contribution in [0.1, 0.15) is 60.8 Å². The Morgan fingerprint density at radius 1 is 1.16 bits per heavy atom. The van der Waals surface area contributed by atoms with E-state index in [1.165, 1.54) is 0 Å². The van der Waals surface area contributed by atoms with Gasteiger partial charge in [-0.2, -0.15) is 0 Å². The quantitative estimate of drug-likeness (QED) is 0.446. The topological polar surface area (TPSA) is 71.1 Å². The van der Waals surface area contributed by atoms with E-state index in [4.69, 9.17) is 18.6 Å². The lowest BCUT2D eigenvalue weighted by Gasteiger charge is -2.39. The molecule has 4 fully saturated rings. The monoisotopic (exact) mass is 466 g/mol. The van der Waals surface area contributed by atoms with Crippen LogP contribution in [0.15, 0.2) is 0 Å². The van der Waals surface area contributed by atoms with Crippen LogP contribution in [0.3, 0.4) is 0 Å². The number of ketones is 1. The predicted octanol–water partition coefficient (Wildman–Crippen LogP) is 4.57. The molecule has 0 aromatic heterocycles. The summed E-state index contributed by atoms with van der Waals surface area (Å²) in [5, 5.41) is 0.103. The normalized spacial score (nSPS) is 40.2. The number of rotatable bonds is 4. The third-order valence-corrected chi connectivity index (χ3v) is 13.9. The van der Waals surface area contributed by atoms with Crippen LogP contribution in [0.25, 0.3) is 0 Å². The molecule has 2 saturated heterocycles. The number of hydrogen-bond acceptors (Lipinski definition) is 6. The van der Waals surface area contributed by atoms with Gasteiger partial charge in [-0.15, -0.1) is 0 Å². The minimum absolute atomic E-state index is 0.0186. The van der Waals surface area contributed by atoms with Crippen molar-refractivity contribution in [2.75, 3.05) is 19.8 Å². The summed E-state index contributed by atoms with van der Waals surface area (Å²) in [7, 11) is -1.95. The molecule has 182 valence electrons. The fourth-order valence-electron chi connectivity index (χ4n) is 6.62. The third-order valence-electron chi connectivity index (χ3n) is 9.37. The number of ether oxygens (including phenoxy) is 3. The van der Waals surface area contributed by atoms with Crippen LogP contribution >= 0.6 is 0 Å². The van der Waals surface area contributed by atoms with Gasteiger partial charge in [-0.05, 0) is 36.4 Å². The molecule has 32 heavy (non-hydrogen) atoms. The molecule has 7 atom stereocenters. The minimum Gasteiger partial charge on any atom is -0.457 e. The van der Waals surface area contributed by atoms with Crippen molar-refractivity contribution in [2.24, 2.45) is 35.5 Å². The summed E-state index contributed by atoms with van der Waals surface area (Å²) in [4.78, 5) is 27.0. The Morgan fingerprint density at radius 2 is 1.78 bits per heavy atom. The Balaban J connectivity index is 1.65. The van der Waals surface area contributed by atoms with Crippen molar-refractivity contribution in [3.63, 3.8) is 0 Å². The fourth-order valence-corrected chi connectivity index (χ4v) is 7.73. The van der Waals surface area contributed by atoms with Crippen LogP contribution < -0.4 is 0 Å². The van der Waals surface area contributed by atoms with Crippen LogP contribution in [0.5, 0.6) is 0 Å². The Hall–Kier alpha value is -0.763. The van der Waals surface area contributed by atoms with E-state index in [0.29, 0.717) is 26.2 Å². The molecule has 6 nitrogen and oxygen atoms in total. The highest BCUT2D eigenvalue weighted by molar-refractivity contribution is 6.74. The van der Waals surface area contributed by atoms with Crippen LogP contribution in [-0.4, -0.2) is 51.3 Å². The van der Waals surface area contributed by atoms with Gasteiger partial charge in [0.2, 0.25) is 0 Å². The van der Waals surface area contributed by atoms with Gasteiger partial charge >= 0.3 is 5.97 Å². The number of carbonyl (C=O) groups is 2. The molecule has 0 radical (unpaired) electrons. The van der Waals surface area contributed by atoms with E-state index in [1.807, 2.05) is 6.92 Å². The summed E-state index contributed by atoms with van der Waals surface area (Å²) in [5.74, 6) is -1.55. The molecule has 2 aliphatic carbocycles. The van der Waals surface area contributed by atoms with Gasteiger partial charge in [-0.1, -0.05) is 41.5 Å². The molecule has 0 aromatic carbocycles. The summed E-state index contributed by atoms with van der Waals surface area (Å²) < 4.78 is 25.0. The van der Waals surface area contributed by atoms with Crippen LogP contribution in [0, 0.1) is 35.5 Å². The lowest BCUT2D eigenvalue weighted by molar-refractivity contribution is -0.205. The summed E-state index contributed by atoms with van der Waals surface area (Å²) in [5.41, 5.74) is -0.830. The molecule has 7 heteroatoms. The Kier molecular flexibility index (Phi) is 6.01. The second-order valence-corrected chi connectivity index (χ2v) is 17.3. The Morgan fingerprint density at radius 3 is 2.38 bits per heavy atom. The van der Waals surface area contributed by atoms with Gasteiger partial charge in [0.15, 0.2) is 14.1 Å². The van der Waals surface area contributed by atoms with E-state index in [9.17, 15) is 9.59 Å². The van der Waals surface area contributed by atoms with Crippen molar-refractivity contribution in [2.45, 2.75) is 90.3 Å². The summed E-state index contributed by atoms with van der Waals surface area (Å²) in [6, 6.07) is 0. The average molecular weight is 467 g/mol. The van der Waals surface area contributed by atoms with Crippen molar-refractivity contribution >= 4 is 20.1 Å². The minimum atomic E-state index is -1.95. The molecule has 2 saturated carbocycles. The van der Waals surface area contributed by atoms with Gasteiger partial charge in [-0.3, -0.25) is 9.59 Å². The van der Waals surface area contributed by atoms with Gasteiger partial charge in [0, 0.05) is 31.3 Å². The maximum atomic E-state index is 13.5. The first-order valence-corrected chi connectivity index (χ1v) is 15.3. The fraction of sp³-hybridized carbons (Fsp3) is 0.920. The summed E-state index contributed by atoms with van der Waals surface area (Å²) in [6.07, 6.45) is 2.05. The molecule has 0 aromatic rings. The van der Waals surface area contributed by atoms with E-state index in [0.717, 1.165) is 12.8 Å². The molecule has 0 bridgehead atoms. The van der Waals surface area contributed by atoms with Crippen molar-refractivity contribution < 1.29 is 28.2 Å². The van der Waals surface area contributed by atoms with Crippen molar-refractivity contribution in [3.8, 4) is 0 Å². The first-order valence-electron chi connectivity index (χ1n) is 12.4. The second kappa shape index (κ2) is 7.89. The Bertz CT molecular complexity index is 767. The SMILES string of the molecule is CC(CO[Si](C)(C)C(C)(C)C)[C@@H]1C(=O)O[C@@]23CC4(CC[C@@H](C)[C@@H]2C(=O)C(C)[C@@H]13)OCCO4. The van der Waals surface area contributed by atoms with Crippen LogP contribution in [0.4, 0.5) is 0 Å². The van der Waals surface area contributed by atoms with Gasteiger partial charge in [-0.25, -0.2) is 0 Å². The first kappa shape index (κ1) is 24.4. The third kappa shape index (κ3) is 3.62. The number of Topliss-reactive ketones (excluding diaryl/α,β-unsaturated/α-hetero) is 1. The van der Waals surface area contributed by atoms with Crippen molar-refractivity contribution in [1.82, 2.24) is 0 Å². The molecular weight excluding hydrogens is 424 g/mol. The molecule has 2 spiro atoms. The number of carbonyl (C=O) groups excluding carboxylic acids is 2. The maximum absolute atomic E-state index is 13.5. The predicted molar refractivity (Wildman–Crippen MR) is 123 cm³/mol. The van der Waals surface area contributed by atoms with Gasteiger partial charge in [0.1, 0.15) is 11.4 Å². The van der Waals surface area contributed by atoms with Crippen LogP contribution in [-0.2, 0) is 28.2 Å². The lowest BCUT2D eigenvalue weighted by Crippen LogP contribution is -2.48. The van der Waals surface area contributed by atoms with Crippen LogP contribution in [0.2, 0.25) is 18.1 Å². The van der Waals surface area contributed by atoms with E-state index in [1.54, 1.807) is 0 Å². The largest absolute Gasteiger partial charge is 0.457 e. The van der Waals surface area contributed by atoms with E-state index < -0.39 is 19.7 Å². The molecule has 0 N–H and O–H groups in total. The van der Waals surface area contributed by atoms with E-state index in [-0.39, 0.29) is 52.3 Å². The zero-order valence-electron chi connectivity index (χ0n) is 21.2. The molecular formula is C25H42O6Si. The average Bonchev–Trinajstić information content (AvgIpc) is 3.27. The summed E-state index contributed by atoms with van der Waals surface area (Å²) in [6.45, 7) is 19.0. The zero-order valence-corrected chi connectivity index (χ0v) is 22.2. The number of esters is 1. The zero-order chi connectivity index (χ0) is 23.7. The number of hydrogen-bond donors (Lipinski definition) is 0. The molecule has 2 unspecified atom stereocenters. The van der Waals surface area contributed by atoms with Gasteiger partial charge in [0.05, 0.1) is 25.0 Å². The lowest BCUT2D eigenvalue weighted by atomic mass is 9.70. The molecule has 2 heterocycles. The first-order chi connectivity index (χ1) is 14.7. The van der Waals surface area contributed by atoms with Crippen molar-refractivity contribution in [3.05, 3.63) is 0 Å². The van der Waals surface area contributed by atoms with E-state index in [2.05, 4.69) is 47.7 Å². The molecule has 0 amide bonds.